The molecule has 3 rings (SSSR count). The summed E-state index contributed by atoms with van der Waals surface area (Å²) >= 11 is 0. The number of amides is 1. The first-order valence-corrected chi connectivity index (χ1v) is 8.48. The predicted octanol–water partition coefficient (Wildman–Crippen LogP) is 2.05. The zero-order valence-electron chi connectivity index (χ0n) is 14.5. The van der Waals surface area contributed by atoms with Crippen LogP contribution in [0, 0.1) is 5.82 Å². The van der Waals surface area contributed by atoms with Crippen LogP contribution in [0.1, 0.15) is 24.3 Å². The van der Waals surface area contributed by atoms with Gasteiger partial charge in [0.05, 0.1) is 17.9 Å². The summed E-state index contributed by atoms with van der Waals surface area (Å²) in [5, 5.41) is 9.75. The molecule has 1 aliphatic heterocycles. The minimum absolute atomic E-state index is 0.199. The summed E-state index contributed by atoms with van der Waals surface area (Å²) in [6.45, 7) is 7.20. The van der Waals surface area contributed by atoms with Crippen molar-refractivity contribution in [2.45, 2.75) is 26.1 Å². The first kappa shape index (κ1) is 17.6. The molecule has 2 N–H and O–H groups in total. The van der Waals surface area contributed by atoms with E-state index in [0.717, 1.165) is 25.2 Å². The van der Waals surface area contributed by atoms with E-state index in [1.165, 1.54) is 12.1 Å². The van der Waals surface area contributed by atoms with Gasteiger partial charge in [0.1, 0.15) is 11.5 Å². The molecule has 0 aliphatic carbocycles. The van der Waals surface area contributed by atoms with Crippen molar-refractivity contribution in [3.8, 4) is 11.3 Å². The number of benzene rings is 1. The number of H-pyrrole nitrogens is 1. The molecule has 2 atom stereocenters. The zero-order valence-corrected chi connectivity index (χ0v) is 14.5. The van der Waals surface area contributed by atoms with Gasteiger partial charge in [0, 0.05) is 31.7 Å². The molecular weight excluding hydrogens is 323 g/mol. The third-order valence-electron chi connectivity index (χ3n) is 4.17. The molecule has 0 radical (unpaired) electrons. The number of nitrogens with one attached hydrogen (secondary N) is 2. The Labute approximate surface area is 146 Å². The Bertz CT molecular complexity index is 706. The number of nitrogens with zero attached hydrogens (tertiary/aromatic N) is 2. The summed E-state index contributed by atoms with van der Waals surface area (Å²) in [6, 6.07) is 7.67. The van der Waals surface area contributed by atoms with E-state index >= 15 is 0 Å². The first-order valence-electron chi connectivity index (χ1n) is 8.48. The van der Waals surface area contributed by atoms with Gasteiger partial charge in [-0.2, -0.15) is 5.10 Å². The van der Waals surface area contributed by atoms with Gasteiger partial charge in [-0.1, -0.05) is 0 Å². The highest BCUT2D eigenvalue weighted by Gasteiger charge is 2.21. The van der Waals surface area contributed by atoms with E-state index in [1.807, 2.05) is 0 Å². The van der Waals surface area contributed by atoms with Gasteiger partial charge in [-0.3, -0.25) is 14.8 Å². The van der Waals surface area contributed by atoms with Gasteiger partial charge in [-0.05, 0) is 44.2 Å². The predicted molar refractivity (Wildman–Crippen MR) is 92.8 cm³/mol. The number of aromatic nitrogens is 2. The molecule has 2 aromatic rings. The molecule has 1 fully saturated rings. The Hall–Kier alpha value is -2.25. The van der Waals surface area contributed by atoms with Crippen molar-refractivity contribution in [3.05, 3.63) is 41.8 Å². The maximum absolute atomic E-state index is 13.0. The molecule has 1 amide bonds. The minimum Gasteiger partial charge on any atom is -0.373 e. The Kier molecular flexibility index (Phi) is 5.45. The van der Waals surface area contributed by atoms with Gasteiger partial charge in [-0.15, -0.1) is 0 Å². The lowest BCUT2D eigenvalue weighted by Crippen LogP contribution is -2.47. The molecule has 0 saturated carbocycles. The molecule has 0 spiro atoms. The van der Waals surface area contributed by atoms with Gasteiger partial charge in [0.15, 0.2) is 0 Å². The van der Waals surface area contributed by atoms with Crippen LogP contribution in [0.5, 0.6) is 0 Å². The number of morpholine rings is 1. The fourth-order valence-electron chi connectivity index (χ4n) is 3.10. The topological polar surface area (TPSA) is 70.2 Å². The van der Waals surface area contributed by atoms with Crippen LogP contribution in [0.15, 0.2) is 30.3 Å². The largest absolute Gasteiger partial charge is 0.373 e. The van der Waals surface area contributed by atoms with Crippen molar-refractivity contribution in [2.75, 3.05) is 26.2 Å². The molecule has 6 nitrogen and oxygen atoms in total. The van der Waals surface area contributed by atoms with E-state index in [-0.39, 0.29) is 23.9 Å². The summed E-state index contributed by atoms with van der Waals surface area (Å²) < 4.78 is 18.7. The van der Waals surface area contributed by atoms with Gasteiger partial charge in [0.2, 0.25) is 0 Å². The summed E-state index contributed by atoms with van der Waals surface area (Å²) in [5.41, 5.74) is 1.76. The minimum atomic E-state index is -0.302. The van der Waals surface area contributed by atoms with Gasteiger partial charge < -0.3 is 10.1 Å². The van der Waals surface area contributed by atoms with Crippen molar-refractivity contribution in [1.29, 1.82) is 0 Å². The van der Waals surface area contributed by atoms with E-state index in [1.54, 1.807) is 18.2 Å². The summed E-state index contributed by atoms with van der Waals surface area (Å²) in [5.74, 6) is -0.501. The van der Waals surface area contributed by atoms with Crippen LogP contribution in [0.4, 0.5) is 4.39 Å². The van der Waals surface area contributed by atoms with E-state index in [4.69, 9.17) is 4.74 Å². The number of hydrogen-bond donors (Lipinski definition) is 2. The van der Waals surface area contributed by atoms with Crippen molar-refractivity contribution in [1.82, 2.24) is 20.4 Å². The number of halogens is 1. The fraction of sp³-hybridized carbons (Fsp3) is 0.444. The number of hydrogen-bond acceptors (Lipinski definition) is 4. The van der Waals surface area contributed by atoms with Crippen molar-refractivity contribution in [3.63, 3.8) is 0 Å². The summed E-state index contributed by atoms with van der Waals surface area (Å²) in [4.78, 5) is 14.5. The van der Waals surface area contributed by atoms with Crippen LogP contribution in [0.2, 0.25) is 0 Å². The second-order valence-electron chi connectivity index (χ2n) is 6.45. The molecule has 0 unspecified atom stereocenters. The van der Waals surface area contributed by atoms with E-state index in [9.17, 15) is 9.18 Å². The van der Waals surface area contributed by atoms with E-state index < -0.39 is 0 Å². The Morgan fingerprint density at radius 1 is 1.32 bits per heavy atom. The van der Waals surface area contributed by atoms with Crippen LogP contribution >= 0.6 is 0 Å². The average molecular weight is 346 g/mol. The first-order chi connectivity index (χ1) is 12.0. The highest BCUT2D eigenvalue weighted by molar-refractivity contribution is 5.93. The van der Waals surface area contributed by atoms with Crippen LogP contribution in [0.3, 0.4) is 0 Å². The highest BCUT2D eigenvalue weighted by atomic mass is 19.1. The molecule has 7 heteroatoms. The zero-order chi connectivity index (χ0) is 17.8. The molecule has 1 aliphatic rings. The third-order valence-corrected chi connectivity index (χ3v) is 4.17. The summed E-state index contributed by atoms with van der Waals surface area (Å²) in [7, 11) is 0. The molecule has 1 saturated heterocycles. The van der Waals surface area contributed by atoms with E-state index in [0.29, 0.717) is 17.9 Å². The van der Waals surface area contributed by atoms with Crippen LogP contribution in [0.25, 0.3) is 11.3 Å². The van der Waals surface area contributed by atoms with Crippen LogP contribution in [-0.4, -0.2) is 59.4 Å². The second-order valence-corrected chi connectivity index (χ2v) is 6.45. The van der Waals surface area contributed by atoms with E-state index in [2.05, 4.69) is 34.3 Å². The quantitative estimate of drug-likeness (QED) is 0.869. The molecule has 2 heterocycles. The van der Waals surface area contributed by atoms with Crippen LogP contribution < -0.4 is 5.32 Å². The molecule has 25 heavy (non-hydrogen) atoms. The van der Waals surface area contributed by atoms with Crippen molar-refractivity contribution >= 4 is 5.91 Å². The number of ether oxygens (including phenoxy) is 1. The lowest BCUT2D eigenvalue weighted by atomic mass is 10.1. The molecule has 1 aromatic heterocycles. The molecule has 0 bridgehead atoms. The Morgan fingerprint density at radius 3 is 2.68 bits per heavy atom. The molecular formula is C18H23FN4O2. The van der Waals surface area contributed by atoms with Gasteiger partial charge in [0.25, 0.3) is 5.91 Å². The number of rotatable bonds is 5. The number of carbonyl (C=O) groups excluding carboxylic acids is 1. The highest BCUT2D eigenvalue weighted by Crippen LogP contribution is 2.18. The number of aromatic amines is 1. The Morgan fingerprint density at radius 2 is 2.00 bits per heavy atom. The van der Waals surface area contributed by atoms with Crippen molar-refractivity contribution < 1.29 is 13.9 Å². The lowest BCUT2D eigenvalue weighted by molar-refractivity contribution is -0.0672. The second kappa shape index (κ2) is 7.76. The standard InChI is InChI=1S/C18H23FN4O2/c1-12-10-23(11-13(2)25-12)8-7-20-18(24)17-9-16(21-22-17)14-3-5-15(19)6-4-14/h3-6,9,12-13H,7-8,10-11H2,1-2H3,(H,20,24)(H,21,22)/t12-,13+. The molecule has 134 valence electrons. The molecule has 1 aromatic carbocycles. The number of carbonyl (C=O) groups is 1. The third kappa shape index (κ3) is 4.64. The average Bonchev–Trinajstić information content (AvgIpc) is 3.04. The van der Waals surface area contributed by atoms with Crippen LogP contribution in [-0.2, 0) is 4.74 Å². The maximum Gasteiger partial charge on any atom is 0.269 e. The summed E-state index contributed by atoms with van der Waals surface area (Å²) in [6.07, 6.45) is 0.427. The lowest BCUT2D eigenvalue weighted by Gasteiger charge is -2.35. The van der Waals surface area contributed by atoms with Crippen molar-refractivity contribution in [2.24, 2.45) is 0 Å². The monoisotopic (exact) mass is 346 g/mol. The van der Waals surface area contributed by atoms with Gasteiger partial charge in [-0.25, -0.2) is 4.39 Å². The fourth-order valence-corrected chi connectivity index (χ4v) is 3.10. The SMILES string of the molecule is C[C@@H]1CN(CCNC(=O)c2cc(-c3ccc(F)cc3)n[nH]2)C[C@H](C)O1. The normalized spacial score (nSPS) is 21.2. The van der Waals surface area contributed by atoms with Gasteiger partial charge >= 0.3 is 0 Å². The smallest absolute Gasteiger partial charge is 0.269 e. The maximum atomic E-state index is 13.0. The Balaban J connectivity index is 1.51.